The molecule has 3 aliphatic heterocycles. The molecule has 2 aromatic rings. The minimum Gasteiger partial charge on any atom is -0.482 e. The van der Waals surface area contributed by atoms with Gasteiger partial charge in [0.05, 0.1) is 23.2 Å². The minimum atomic E-state index is -0.121. The number of nitrogens with one attached hydrogen (secondary N) is 3. The van der Waals surface area contributed by atoms with Crippen LogP contribution >= 0.6 is 11.8 Å². The van der Waals surface area contributed by atoms with Crippen LogP contribution in [0.2, 0.25) is 0 Å². The Hall–Kier alpha value is -2.61. The maximum Gasteiger partial charge on any atom is 0.287 e. The van der Waals surface area contributed by atoms with Gasteiger partial charge in [-0.25, -0.2) is 0 Å². The molecular weight excluding hydrogens is 360 g/mol. The first kappa shape index (κ1) is 16.6. The standard InChI is InChI=1S/C20H18N4O2S/c1-12-10-21-20-24(12)23-18(13-5-3-2-4-6-13)19(27-20)14-7-8-16-15(9-14)22-17(25)11-26-16/h2-10,18-19,23H,11H2,1H3,(H,22,25)/p+1. The molecule has 2 aromatic carbocycles. The Balaban J connectivity index is 1.54. The van der Waals surface area contributed by atoms with Gasteiger partial charge in [0.15, 0.2) is 6.61 Å². The number of hydrogen-bond acceptors (Lipinski definition) is 5. The van der Waals surface area contributed by atoms with Gasteiger partial charge >= 0.3 is 0 Å². The largest absolute Gasteiger partial charge is 0.482 e. The SMILES string of the molecule is CC1=CN=C2SC(c3ccc4c(c3)NC(=O)CO4)C(c3ccccc3)N[NH+]12. The first-order chi connectivity index (χ1) is 13.2. The number of fused-ring (bicyclic) bond motifs is 2. The van der Waals surface area contributed by atoms with Crippen molar-refractivity contribution in [1.29, 1.82) is 0 Å². The molecule has 6 nitrogen and oxygen atoms in total. The smallest absolute Gasteiger partial charge is 0.287 e. The number of carbonyl (C=O) groups is 1. The minimum absolute atomic E-state index is 0.0682. The van der Waals surface area contributed by atoms with Crippen LogP contribution in [0.5, 0.6) is 5.75 Å². The summed E-state index contributed by atoms with van der Waals surface area (Å²) in [6, 6.07) is 16.6. The summed E-state index contributed by atoms with van der Waals surface area (Å²) in [7, 11) is 0. The van der Waals surface area contributed by atoms with Crippen molar-refractivity contribution < 1.29 is 14.5 Å². The summed E-state index contributed by atoms with van der Waals surface area (Å²) in [6.45, 7) is 2.15. The Morgan fingerprint density at radius 3 is 2.89 bits per heavy atom. The van der Waals surface area contributed by atoms with Gasteiger partial charge in [-0.05, 0) is 35.0 Å². The van der Waals surface area contributed by atoms with Crippen LogP contribution in [-0.2, 0) is 4.79 Å². The average Bonchev–Trinajstić information content (AvgIpc) is 3.07. The topological polar surface area (TPSA) is 67.2 Å². The quantitative estimate of drug-likeness (QED) is 0.748. The first-order valence-corrected chi connectivity index (χ1v) is 9.74. The first-order valence-electron chi connectivity index (χ1n) is 8.86. The zero-order valence-corrected chi connectivity index (χ0v) is 15.5. The normalized spacial score (nSPS) is 26.3. The highest BCUT2D eigenvalue weighted by Crippen LogP contribution is 2.44. The fraction of sp³-hybridized carbons (Fsp3) is 0.200. The van der Waals surface area contributed by atoms with E-state index in [1.165, 1.54) is 5.56 Å². The molecule has 1 saturated heterocycles. The fourth-order valence-electron chi connectivity index (χ4n) is 3.59. The number of amidine groups is 1. The van der Waals surface area contributed by atoms with Crippen LogP contribution in [0.25, 0.3) is 0 Å². The second-order valence-electron chi connectivity index (χ2n) is 6.78. The second kappa shape index (κ2) is 6.53. The number of allylic oxidation sites excluding steroid dienone is 1. The van der Waals surface area contributed by atoms with E-state index < -0.39 is 0 Å². The Kier molecular flexibility index (Phi) is 4.00. The van der Waals surface area contributed by atoms with Crippen molar-refractivity contribution in [2.24, 2.45) is 4.99 Å². The molecule has 3 heterocycles. The molecule has 0 aliphatic carbocycles. The highest BCUT2D eigenvalue weighted by Gasteiger charge is 2.42. The predicted octanol–water partition coefficient (Wildman–Crippen LogP) is 2.17. The van der Waals surface area contributed by atoms with E-state index >= 15 is 0 Å². The van der Waals surface area contributed by atoms with E-state index in [0.29, 0.717) is 5.75 Å². The molecule has 3 atom stereocenters. The average molecular weight is 379 g/mol. The van der Waals surface area contributed by atoms with Gasteiger partial charge in [0.1, 0.15) is 11.4 Å². The summed E-state index contributed by atoms with van der Waals surface area (Å²) in [5.74, 6) is 0.593. The number of carbonyl (C=O) groups excluding carboxylic acids is 1. The number of rotatable bonds is 2. The number of anilines is 1. The van der Waals surface area contributed by atoms with Crippen LogP contribution < -0.4 is 20.5 Å². The van der Waals surface area contributed by atoms with Crippen molar-refractivity contribution in [2.45, 2.75) is 18.2 Å². The van der Waals surface area contributed by atoms with Crippen molar-refractivity contribution in [2.75, 3.05) is 11.9 Å². The summed E-state index contributed by atoms with van der Waals surface area (Å²) in [6.07, 6.45) is 1.91. The van der Waals surface area contributed by atoms with Crippen molar-refractivity contribution in [3.05, 3.63) is 71.6 Å². The number of nitrogens with zero attached hydrogens (tertiary/aromatic N) is 1. The van der Waals surface area contributed by atoms with E-state index in [-0.39, 0.29) is 23.8 Å². The number of aliphatic imine (C=N–C) groups is 1. The van der Waals surface area contributed by atoms with Crippen LogP contribution in [-0.4, -0.2) is 17.7 Å². The molecule has 0 saturated carbocycles. The Morgan fingerprint density at radius 2 is 2.04 bits per heavy atom. The molecule has 3 N–H and O–H groups in total. The lowest BCUT2D eigenvalue weighted by Crippen LogP contribution is -3.18. The second-order valence-corrected chi connectivity index (χ2v) is 7.92. The Labute approximate surface area is 161 Å². The number of ether oxygens (including phenoxy) is 1. The van der Waals surface area contributed by atoms with Crippen LogP contribution in [0.4, 0.5) is 5.69 Å². The summed E-state index contributed by atoms with van der Waals surface area (Å²) in [5, 5.41) is 5.16. The summed E-state index contributed by atoms with van der Waals surface area (Å²) in [5.41, 5.74) is 7.93. The molecule has 0 radical (unpaired) electrons. The third-order valence-electron chi connectivity index (χ3n) is 4.95. The third kappa shape index (κ3) is 2.93. The lowest BCUT2D eigenvalue weighted by atomic mass is 9.98. The van der Waals surface area contributed by atoms with Crippen molar-refractivity contribution in [1.82, 2.24) is 5.43 Å². The third-order valence-corrected chi connectivity index (χ3v) is 6.28. The van der Waals surface area contributed by atoms with Crippen LogP contribution in [0.3, 0.4) is 0 Å². The number of amides is 1. The molecule has 0 bridgehead atoms. The van der Waals surface area contributed by atoms with Crippen molar-refractivity contribution in [3.8, 4) is 5.75 Å². The molecule has 27 heavy (non-hydrogen) atoms. The van der Waals surface area contributed by atoms with Gasteiger partial charge in [0.25, 0.3) is 11.1 Å². The Morgan fingerprint density at radius 1 is 1.19 bits per heavy atom. The van der Waals surface area contributed by atoms with Crippen LogP contribution in [0.1, 0.15) is 29.3 Å². The molecular formula is C20H19N4O2S+. The van der Waals surface area contributed by atoms with Gasteiger partial charge in [-0.1, -0.05) is 36.4 Å². The Bertz CT molecular complexity index is 973. The molecule has 1 fully saturated rings. The summed E-state index contributed by atoms with van der Waals surface area (Å²) < 4.78 is 5.50. The zero-order chi connectivity index (χ0) is 18.4. The lowest BCUT2D eigenvalue weighted by molar-refractivity contribution is -0.815. The summed E-state index contributed by atoms with van der Waals surface area (Å²) in [4.78, 5) is 16.3. The van der Waals surface area contributed by atoms with Gasteiger partial charge in [0.2, 0.25) is 0 Å². The number of quaternary nitrogens is 1. The van der Waals surface area contributed by atoms with Gasteiger partial charge in [-0.2, -0.15) is 10.0 Å². The molecule has 5 rings (SSSR count). The van der Waals surface area contributed by atoms with E-state index in [4.69, 9.17) is 4.74 Å². The van der Waals surface area contributed by atoms with Crippen molar-refractivity contribution in [3.63, 3.8) is 0 Å². The summed E-state index contributed by atoms with van der Waals surface area (Å²) >= 11 is 1.76. The van der Waals surface area contributed by atoms with E-state index in [0.717, 1.165) is 27.1 Å². The maximum absolute atomic E-state index is 11.7. The molecule has 7 heteroatoms. The van der Waals surface area contributed by atoms with Crippen LogP contribution in [0.15, 0.2) is 65.4 Å². The predicted molar refractivity (Wildman–Crippen MR) is 105 cm³/mol. The maximum atomic E-state index is 11.7. The molecule has 0 aromatic heterocycles. The number of thioether (sulfide) groups is 1. The molecule has 3 aliphatic rings. The lowest BCUT2D eigenvalue weighted by Gasteiger charge is -2.35. The molecule has 3 unspecified atom stereocenters. The highest BCUT2D eigenvalue weighted by molar-refractivity contribution is 8.13. The van der Waals surface area contributed by atoms with Gasteiger partial charge in [-0.3, -0.25) is 4.79 Å². The van der Waals surface area contributed by atoms with E-state index in [1.807, 2.05) is 24.4 Å². The number of benzene rings is 2. The highest BCUT2D eigenvalue weighted by atomic mass is 32.2. The fourth-order valence-corrected chi connectivity index (χ4v) is 4.93. The van der Waals surface area contributed by atoms with Gasteiger partial charge in [0, 0.05) is 6.92 Å². The van der Waals surface area contributed by atoms with Gasteiger partial charge in [-0.15, -0.1) is 5.43 Å². The zero-order valence-electron chi connectivity index (χ0n) is 14.7. The van der Waals surface area contributed by atoms with Crippen molar-refractivity contribution >= 4 is 28.5 Å². The number of hydrogen-bond donors (Lipinski definition) is 3. The monoisotopic (exact) mass is 379 g/mol. The molecule has 1 amide bonds. The molecule has 136 valence electrons. The van der Waals surface area contributed by atoms with Gasteiger partial charge < -0.3 is 10.1 Å². The van der Waals surface area contributed by atoms with E-state index in [2.05, 4.69) is 53.0 Å². The molecule has 0 spiro atoms. The van der Waals surface area contributed by atoms with E-state index in [9.17, 15) is 4.79 Å². The van der Waals surface area contributed by atoms with Crippen LogP contribution in [0, 0.1) is 0 Å². The van der Waals surface area contributed by atoms with E-state index in [1.54, 1.807) is 11.8 Å².